The molecule has 1 saturated heterocycles. The minimum Gasteiger partial charge on any atom is -0.491 e. The number of hydrogen-bond donors (Lipinski definition) is 0. The van der Waals surface area contributed by atoms with E-state index < -0.39 is 0 Å². The van der Waals surface area contributed by atoms with E-state index in [0.29, 0.717) is 25.7 Å². The number of ether oxygens (including phenoxy) is 2. The van der Waals surface area contributed by atoms with Crippen molar-refractivity contribution in [3.05, 3.63) is 72.6 Å². The predicted octanol–water partition coefficient (Wildman–Crippen LogP) is 5.46. The van der Waals surface area contributed by atoms with Crippen molar-refractivity contribution in [2.75, 3.05) is 44.4 Å². The minimum atomic E-state index is -0.203. The van der Waals surface area contributed by atoms with E-state index in [4.69, 9.17) is 9.47 Å². The van der Waals surface area contributed by atoms with Crippen LogP contribution in [-0.2, 0) is 4.74 Å². The molecular weight excluding hydrogens is 403 g/mol. The Morgan fingerprint density at radius 3 is 2.62 bits per heavy atom. The van der Waals surface area contributed by atoms with Crippen LogP contribution in [0, 0.1) is 11.7 Å². The second-order valence-corrected chi connectivity index (χ2v) is 8.97. The summed E-state index contributed by atoms with van der Waals surface area (Å²) in [6.45, 7) is 11.1. The average molecular weight is 439 g/mol. The molecule has 2 aromatic rings. The summed E-state index contributed by atoms with van der Waals surface area (Å²) in [6.07, 6.45) is 5.26. The average Bonchev–Trinajstić information content (AvgIpc) is 3.29. The fraction of sp³-hybridized carbons (Fsp3) is 0.481. The van der Waals surface area contributed by atoms with Gasteiger partial charge in [-0.2, -0.15) is 0 Å². The van der Waals surface area contributed by atoms with Crippen molar-refractivity contribution in [2.24, 2.45) is 5.92 Å². The first-order valence-corrected chi connectivity index (χ1v) is 11.8. The topological polar surface area (TPSA) is 24.9 Å². The van der Waals surface area contributed by atoms with Gasteiger partial charge in [-0.1, -0.05) is 37.3 Å². The quantitative estimate of drug-likeness (QED) is 0.486. The third-order valence-electron chi connectivity index (χ3n) is 6.61. The highest BCUT2D eigenvalue weighted by Gasteiger charge is 2.31. The fourth-order valence-corrected chi connectivity index (χ4v) is 4.74. The SMILES string of the molecule is C=CC(C)COCC(CN1c2ccccc2OCCC1c1ccc(F)cc1)N1CCCC1. The summed E-state index contributed by atoms with van der Waals surface area (Å²) >= 11 is 0. The molecule has 1 fully saturated rings. The Kier molecular flexibility index (Phi) is 7.82. The highest BCUT2D eigenvalue weighted by Crippen LogP contribution is 2.39. The van der Waals surface area contributed by atoms with E-state index in [2.05, 4.69) is 35.4 Å². The van der Waals surface area contributed by atoms with Gasteiger partial charge in [0.15, 0.2) is 0 Å². The molecule has 0 aromatic heterocycles. The van der Waals surface area contributed by atoms with Crippen molar-refractivity contribution in [3.8, 4) is 5.75 Å². The van der Waals surface area contributed by atoms with Gasteiger partial charge in [-0.25, -0.2) is 4.39 Å². The zero-order valence-electron chi connectivity index (χ0n) is 19.1. The molecule has 4 rings (SSSR count). The van der Waals surface area contributed by atoms with Gasteiger partial charge >= 0.3 is 0 Å². The lowest BCUT2D eigenvalue weighted by Crippen LogP contribution is -2.47. The summed E-state index contributed by atoms with van der Waals surface area (Å²) < 4.78 is 25.9. The van der Waals surface area contributed by atoms with Crippen LogP contribution in [0.15, 0.2) is 61.2 Å². The van der Waals surface area contributed by atoms with Crippen molar-refractivity contribution >= 4 is 5.69 Å². The molecule has 0 N–H and O–H groups in total. The van der Waals surface area contributed by atoms with Crippen LogP contribution < -0.4 is 9.64 Å². The van der Waals surface area contributed by atoms with Gasteiger partial charge in [-0.05, 0) is 61.7 Å². The van der Waals surface area contributed by atoms with Gasteiger partial charge in [0.2, 0.25) is 0 Å². The number of hydrogen-bond acceptors (Lipinski definition) is 4. The number of para-hydroxylation sites is 2. The predicted molar refractivity (Wildman–Crippen MR) is 128 cm³/mol. The van der Waals surface area contributed by atoms with Gasteiger partial charge in [-0.15, -0.1) is 6.58 Å². The van der Waals surface area contributed by atoms with Crippen molar-refractivity contribution in [3.63, 3.8) is 0 Å². The molecule has 172 valence electrons. The summed E-state index contributed by atoms with van der Waals surface area (Å²) in [4.78, 5) is 5.02. The summed E-state index contributed by atoms with van der Waals surface area (Å²) in [5.74, 6) is 1.05. The Labute approximate surface area is 191 Å². The van der Waals surface area contributed by atoms with Crippen LogP contribution in [0.1, 0.15) is 37.8 Å². The summed E-state index contributed by atoms with van der Waals surface area (Å²) in [5.41, 5.74) is 2.22. The number of likely N-dealkylation sites (tertiary alicyclic amines) is 1. The van der Waals surface area contributed by atoms with E-state index in [0.717, 1.165) is 43.1 Å². The monoisotopic (exact) mass is 438 g/mol. The molecule has 0 saturated carbocycles. The molecule has 0 amide bonds. The lowest BCUT2D eigenvalue weighted by Gasteiger charge is -2.38. The minimum absolute atomic E-state index is 0.122. The van der Waals surface area contributed by atoms with Gasteiger partial charge in [0.25, 0.3) is 0 Å². The molecule has 5 heteroatoms. The van der Waals surface area contributed by atoms with E-state index in [1.165, 1.54) is 12.8 Å². The second kappa shape index (κ2) is 11.0. The van der Waals surface area contributed by atoms with Crippen molar-refractivity contribution in [1.29, 1.82) is 0 Å². The van der Waals surface area contributed by atoms with Crippen LogP contribution in [-0.4, -0.2) is 50.4 Å². The molecule has 3 atom stereocenters. The first-order chi connectivity index (χ1) is 15.7. The molecule has 0 bridgehead atoms. The number of benzene rings is 2. The van der Waals surface area contributed by atoms with E-state index in [-0.39, 0.29) is 17.9 Å². The van der Waals surface area contributed by atoms with Gasteiger partial charge in [-0.3, -0.25) is 4.90 Å². The van der Waals surface area contributed by atoms with Crippen LogP contribution >= 0.6 is 0 Å². The largest absolute Gasteiger partial charge is 0.491 e. The lowest BCUT2D eigenvalue weighted by molar-refractivity contribution is 0.0604. The molecule has 32 heavy (non-hydrogen) atoms. The van der Waals surface area contributed by atoms with Crippen LogP contribution in [0.4, 0.5) is 10.1 Å². The normalized spacial score (nSPS) is 20.8. The van der Waals surface area contributed by atoms with Crippen molar-refractivity contribution in [2.45, 2.75) is 38.3 Å². The molecule has 0 aliphatic carbocycles. The fourth-order valence-electron chi connectivity index (χ4n) is 4.74. The van der Waals surface area contributed by atoms with Crippen molar-refractivity contribution < 1.29 is 13.9 Å². The van der Waals surface area contributed by atoms with Gasteiger partial charge in [0.05, 0.1) is 37.6 Å². The third-order valence-corrected chi connectivity index (χ3v) is 6.61. The smallest absolute Gasteiger partial charge is 0.142 e. The maximum atomic E-state index is 13.7. The summed E-state index contributed by atoms with van der Waals surface area (Å²) in [5, 5.41) is 0. The van der Waals surface area contributed by atoms with Crippen LogP contribution in [0.2, 0.25) is 0 Å². The molecule has 2 heterocycles. The van der Waals surface area contributed by atoms with E-state index >= 15 is 0 Å². The molecule has 2 aliphatic heterocycles. The molecule has 3 unspecified atom stereocenters. The molecule has 2 aliphatic rings. The van der Waals surface area contributed by atoms with Crippen LogP contribution in [0.25, 0.3) is 0 Å². The second-order valence-electron chi connectivity index (χ2n) is 8.97. The zero-order valence-corrected chi connectivity index (χ0v) is 19.1. The lowest BCUT2D eigenvalue weighted by atomic mass is 10.0. The number of anilines is 1. The van der Waals surface area contributed by atoms with Crippen molar-refractivity contribution in [1.82, 2.24) is 4.90 Å². The maximum Gasteiger partial charge on any atom is 0.142 e. The standard InChI is InChI=1S/C27H35FN2O2/c1-3-21(2)19-31-20-24(29-15-6-7-16-29)18-30-25(22-10-12-23(28)13-11-22)14-17-32-27-9-5-4-8-26(27)30/h3-5,8-13,21,24-25H,1,6-7,14-20H2,2H3. The third kappa shape index (κ3) is 5.51. The number of rotatable bonds is 9. The van der Waals surface area contributed by atoms with Gasteiger partial charge < -0.3 is 14.4 Å². The first-order valence-electron chi connectivity index (χ1n) is 11.8. The van der Waals surface area contributed by atoms with Gasteiger partial charge in [0, 0.05) is 13.0 Å². The van der Waals surface area contributed by atoms with Crippen LogP contribution in [0.3, 0.4) is 0 Å². The Morgan fingerprint density at radius 2 is 1.88 bits per heavy atom. The summed E-state index contributed by atoms with van der Waals surface area (Å²) in [6, 6.07) is 15.6. The van der Waals surface area contributed by atoms with E-state index in [9.17, 15) is 4.39 Å². The molecule has 0 spiro atoms. The zero-order chi connectivity index (χ0) is 22.3. The molecular formula is C27H35FN2O2. The first kappa shape index (κ1) is 22.8. The Hall–Kier alpha value is -2.37. The number of fused-ring (bicyclic) bond motifs is 1. The van der Waals surface area contributed by atoms with E-state index in [1.54, 1.807) is 12.1 Å². The number of nitrogens with zero attached hydrogens (tertiary/aromatic N) is 2. The molecule has 0 radical (unpaired) electrons. The van der Waals surface area contributed by atoms with Crippen LogP contribution in [0.5, 0.6) is 5.75 Å². The van der Waals surface area contributed by atoms with Gasteiger partial charge in [0.1, 0.15) is 11.6 Å². The summed E-state index contributed by atoms with van der Waals surface area (Å²) in [7, 11) is 0. The molecule has 4 nitrogen and oxygen atoms in total. The highest BCUT2D eigenvalue weighted by molar-refractivity contribution is 5.60. The highest BCUT2D eigenvalue weighted by atomic mass is 19.1. The Bertz CT molecular complexity index is 866. The Morgan fingerprint density at radius 1 is 1.12 bits per heavy atom. The Balaban J connectivity index is 1.62. The number of halogens is 1. The maximum absolute atomic E-state index is 13.7. The van der Waals surface area contributed by atoms with E-state index in [1.807, 2.05) is 30.3 Å². The molecule has 2 aromatic carbocycles.